The topological polar surface area (TPSA) is 105 Å². The van der Waals surface area contributed by atoms with Crippen LogP contribution >= 0.6 is 11.3 Å². The highest BCUT2D eigenvalue weighted by Crippen LogP contribution is 2.31. The van der Waals surface area contributed by atoms with Crippen LogP contribution in [-0.4, -0.2) is 69.8 Å². The lowest BCUT2D eigenvalue weighted by atomic mass is 10.1. The van der Waals surface area contributed by atoms with E-state index in [0.29, 0.717) is 11.5 Å². The summed E-state index contributed by atoms with van der Waals surface area (Å²) in [4.78, 5) is 27.1. The minimum atomic E-state index is -3.74. The summed E-state index contributed by atoms with van der Waals surface area (Å²) in [6.07, 6.45) is 0.128. The van der Waals surface area contributed by atoms with Crippen LogP contribution in [-0.2, 0) is 19.6 Å². The summed E-state index contributed by atoms with van der Waals surface area (Å²) < 4.78 is 37.9. The van der Waals surface area contributed by atoms with Gasteiger partial charge in [-0.25, -0.2) is 8.42 Å². The summed E-state index contributed by atoms with van der Waals surface area (Å²) in [6.45, 7) is 2.35. The highest BCUT2D eigenvalue weighted by Gasteiger charge is 2.31. The average Bonchev–Trinajstić information content (AvgIpc) is 3.33. The minimum absolute atomic E-state index is 0.110. The van der Waals surface area contributed by atoms with Crippen LogP contribution in [0.5, 0.6) is 11.5 Å². The summed E-state index contributed by atoms with van der Waals surface area (Å²) in [5, 5.41) is 4.72. The zero-order chi connectivity index (χ0) is 23.3. The summed E-state index contributed by atoms with van der Waals surface area (Å²) in [7, 11) is -0.808. The van der Waals surface area contributed by atoms with E-state index in [4.69, 9.17) is 9.47 Å². The molecule has 1 saturated heterocycles. The summed E-state index contributed by atoms with van der Waals surface area (Å²) in [5.41, 5.74) is 0. The molecule has 2 amide bonds. The maximum absolute atomic E-state index is 13.1. The molecule has 1 N–H and O–H groups in total. The number of carbonyl (C=O) groups is 2. The van der Waals surface area contributed by atoms with Gasteiger partial charge in [0.25, 0.3) is 0 Å². The van der Waals surface area contributed by atoms with Crippen molar-refractivity contribution in [3.8, 4) is 11.5 Å². The maximum Gasteiger partial charge on any atom is 0.243 e. The number of methoxy groups -OCH3 is 2. The number of sulfonamides is 1. The Morgan fingerprint density at radius 2 is 1.78 bits per heavy atom. The normalized spacial score (nSPS) is 15.8. The Kier molecular flexibility index (Phi) is 7.75. The third kappa shape index (κ3) is 5.40. The summed E-state index contributed by atoms with van der Waals surface area (Å²) >= 11 is 1.48. The van der Waals surface area contributed by atoms with E-state index < -0.39 is 16.1 Å². The van der Waals surface area contributed by atoms with Crippen molar-refractivity contribution in [3.05, 3.63) is 40.6 Å². The molecule has 174 valence electrons. The van der Waals surface area contributed by atoms with Crippen LogP contribution in [0.15, 0.2) is 40.6 Å². The number of nitrogens with zero attached hydrogens (tertiary/aromatic N) is 2. The van der Waals surface area contributed by atoms with Gasteiger partial charge in [0, 0.05) is 44.0 Å². The zero-order valence-corrected chi connectivity index (χ0v) is 19.9. The van der Waals surface area contributed by atoms with Crippen molar-refractivity contribution < 1.29 is 27.5 Å². The molecule has 11 heteroatoms. The van der Waals surface area contributed by atoms with Crippen LogP contribution in [0.25, 0.3) is 0 Å². The molecule has 2 heterocycles. The number of hydrogen-bond acceptors (Lipinski definition) is 7. The van der Waals surface area contributed by atoms with Crippen molar-refractivity contribution in [3.63, 3.8) is 0 Å². The van der Waals surface area contributed by atoms with Gasteiger partial charge in [-0.05, 0) is 23.6 Å². The number of hydrogen-bond donors (Lipinski definition) is 1. The van der Waals surface area contributed by atoms with Crippen molar-refractivity contribution in [1.29, 1.82) is 0 Å². The van der Waals surface area contributed by atoms with E-state index in [2.05, 4.69) is 5.32 Å². The Bertz CT molecular complexity index is 1050. The first kappa shape index (κ1) is 24.0. The molecule has 2 aromatic rings. The molecule has 0 bridgehead atoms. The monoisotopic (exact) mass is 481 g/mol. The highest BCUT2D eigenvalue weighted by atomic mass is 32.2. The zero-order valence-electron chi connectivity index (χ0n) is 18.2. The van der Waals surface area contributed by atoms with E-state index in [-0.39, 0.29) is 49.3 Å². The third-order valence-corrected chi connectivity index (χ3v) is 8.11. The molecule has 0 saturated carbocycles. The van der Waals surface area contributed by atoms with Crippen molar-refractivity contribution in [1.82, 2.24) is 14.5 Å². The van der Waals surface area contributed by atoms with Crippen molar-refractivity contribution in [2.24, 2.45) is 0 Å². The van der Waals surface area contributed by atoms with Crippen LogP contribution in [0.3, 0.4) is 0 Å². The molecule has 1 aliphatic rings. The molecule has 1 atom stereocenters. The Hall–Kier alpha value is -2.63. The first-order valence-corrected chi connectivity index (χ1v) is 12.4. The first-order valence-electron chi connectivity index (χ1n) is 10.1. The standard InChI is InChI=1S/C21H27N3O6S2/c1-15(25)22-17(20-5-4-12-31-20)14-21(26)23-8-10-24(11-9-23)32(27,28)16-6-7-18(29-2)19(13-16)30-3/h4-7,12-13,17H,8-11,14H2,1-3H3,(H,22,25). The molecule has 0 aliphatic carbocycles. The molecule has 1 aromatic carbocycles. The second-order valence-electron chi connectivity index (χ2n) is 7.27. The van der Waals surface area contributed by atoms with Crippen LogP contribution in [0.1, 0.15) is 24.3 Å². The fraction of sp³-hybridized carbons (Fsp3) is 0.429. The smallest absolute Gasteiger partial charge is 0.243 e. The van der Waals surface area contributed by atoms with Crippen LogP contribution < -0.4 is 14.8 Å². The van der Waals surface area contributed by atoms with Gasteiger partial charge in [0.1, 0.15) is 0 Å². The molecule has 1 aromatic heterocycles. The lowest BCUT2D eigenvalue weighted by molar-refractivity contribution is -0.133. The van der Waals surface area contributed by atoms with Gasteiger partial charge in [0.2, 0.25) is 21.8 Å². The number of ether oxygens (including phenoxy) is 2. The van der Waals surface area contributed by atoms with Gasteiger partial charge in [-0.2, -0.15) is 4.31 Å². The molecule has 1 fully saturated rings. The van der Waals surface area contributed by atoms with Gasteiger partial charge in [-0.15, -0.1) is 11.3 Å². The van der Waals surface area contributed by atoms with E-state index in [9.17, 15) is 18.0 Å². The molecule has 0 radical (unpaired) electrons. The Morgan fingerprint density at radius 1 is 1.09 bits per heavy atom. The van der Waals surface area contributed by atoms with Gasteiger partial charge in [-0.3, -0.25) is 9.59 Å². The highest BCUT2D eigenvalue weighted by molar-refractivity contribution is 7.89. The SMILES string of the molecule is COc1ccc(S(=O)(=O)N2CCN(C(=O)CC(NC(C)=O)c3cccs3)CC2)cc1OC. The predicted molar refractivity (Wildman–Crippen MR) is 120 cm³/mol. The fourth-order valence-electron chi connectivity index (χ4n) is 3.57. The third-order valence-electron chi connectivity index (χ3n) is 5.23. The van der Waals surface area contributed by atoms with E-state index in [1.54, 1.807) is 11.0 Å². The van der Waals surface area contributed by atoms with Gasteiger partial charge >= 0.3 is 0 Å². The average molecular weight is 482 g/mol. The first-order chi connectivity index (χ1) is 15.3. The van der Waals surface area contributed by atoms with Crippen LogP contribution in [0, 0.1) is 0 Å². The van der Waals surface area contributed by atoms with E-state index in [1.165, 1.54) is 48.9 Å². The molecule has 0 spiro atoms. The number of piperazine rings is 1. The number of amides is 2. The second-order valence-corrected chi connectivity index (χ2v) is 10.2. The van der Waals surface area contributed by atoms with Crippen LogP contribution in [0.2, 0.25) is 0 Å². The molecular weight excluding hydrogens is 454 g/mol. The molecule has 32 heavy (non-hydrogen) atoms. The summed E-state index contributed by atoms with van der Waals surface area (Å²) in [5.74, 6) is 0.448. The van der Waals surface area contributed by atoms with Gasteiger partial charge in [0.15, 0.2) is 11.5 Å². The maximum atomic E-state index is 13.1. The summed E-state index contributed by atoms with van der Waals surface area (Å²) in [6, 6.07) is 7.83. The minimum Gasteiger partial charge on any atom is -0.493 e. The van der Waals surface area contributed by atoms with Gasteiger partial charge in [-0.1, -0.05) is 6.07 Å². The van der Waals surface area contributed by atoms with Gasteiger partial charge < -0.3 is 19.7 Å². The van der Waals surface area contributed by atoms with Crippen LogP contribution in [0.4, 0.5) is 0 Å². The number of thiophene rings is 1. The lowest BCUT2D eigenvalue weighted by Gasteiger charge is -2.34. The number of carbonyl (C=O) groups excluding carboxylic acids is 2. The van der Waals surface area contributed by atoms with E-state index >= 15 is 0 Å². The number of benzene rings is 1. The van der Waals surface area contributed by atoms with Crippen molar-refractivity contribution in [2.45, 2.75) is 24.3 Å². The second kappa shape index (κ2) is 10.3. The molecule has 3 rings (SSSR count). The Balaban J connectivity index is 1.65. The molecule has 1 aliphatic heterocycles. The number of rotatable bonds is 8. The van der Waals surface area contributed by atoms with E-state index in [0.717, 1.165) is 4.88 Å². The molecular formula is C21H27N3O6S2. The lowest BCUT2D eigenvalue weighted by Crippen LogP contribution is -2.51. The quantitative estimate of drug-likeness (QED) is 0.617. The van der Waals surface area contributed by atoms with Crippen molar-refractivity contribution in [2.75, 3.05) is 40.4 Å². The Labute approximate surface area is 192 Å². The van der Waals surface area contributed by atoms with E-state index in [1.807, 2.05) is 17.5 Å². The molecule has 9 nitrogen and oxygen atoms in total. The van der Waals surface area contributed by atoms with Crippen molar-refractivity contribution >= 4 is 33.2 Å². The van der Waals surface area contributed by atoms with Gasteiger partial charge in [0.05, 0.1) is 31.6 Å². The fourth-order valence-corrected chi connectivity index (χ4v) is 5.78. The molecule has 1 unspecified atom stereocenters. The largest absolute Gasteiger partial charge is 0.493 e. The predicted octanol–water partition coefficient (Wildman–Crippen LogP) is 1.87. The number of nitrogens with one attached hydrogen (secondary N) is 1. The Morgan fingerprint density at radius 3 is 2.34 bits per heavy atom.